The molecular formula is C19H22F3N3O3. The Kier molecular flexibility index (Phi) is 7.11. The number of alkyl halides is 3. The number of carbonyl (C=O) groups excluding carboxylic acids is 1. The van der Waals surface area contributed by atoms with E-state index >= 15 is 0 Å². The number of hydrogen-bond acceptors (Lipinski definition) is 5. The fourth-order valence-corrected chi connectivity index (χ4v) is 2.54. The Morgan fingerprint density at radius 1 is 1.21 bits per heavy atom. The molecule has 5 N–H and O–H groups in total. The topological polar surface area (TPSA) is 108 Å². The SMILES string of the molecule is CC(N)(CO)c1ccc(-c2ccc(C(O)C(CF)NC(=O)C(F)F)cc2)cn1. The number of pyridine rings is 1. The van der Waals surface area contributed by atoms with Gasteiger partial charge >= 0.3 is 6.43 Å². The number of carbonyl (C=O) groups is 1. The summed E-state index contributed by atoms with van der Waals surface area (Å²) in [5.41, 5.74) is 7.23. The zero-order valence-electron chi connectivity index (χ0n) is 15.1. The van der Waals surface area contributed by atoms with E-state index in [9.17, 15) is 28.2 Å². The van der Waals surface area contributed by atoms with Gasteiger partial charge in [-0.05, 0) is 24.1 Å². The quantitative estimate of drug-likeness (QED) is 0.542. The molecule has 9 heteroatoms. The van der Waals surface area contributed by atoms with Gasteiger partial charge in [0.05, 0.1) is 23.9 Å². The number of rotatable bonds is 8. The zero-order chi connectivity index (χ0) is 20.9. The largest absolute Gasteiger partial charge is 0.394 e. The fraction of sp³-hybridized carbons (Fsp3) is 0.368. The minimum atomic E-state index is -3.29. The number of aliphatic hydroxyl groups is 2. The summed E-state index contributed by atoms with van der Waals surface area (Å²) in [6.45, 7) is 0.193. The second kappa shape index (κ2) is 9.13. The second-order valence-corrected chi connectivity index (χ2v) is 6.64. The van der Waals surface area contributed by atoms with Crippen molar-refractivity contribution in [1.29, 1.82) is 0 Å². The molecule has 1 aromatic carbocycles. The first-order chi connectivity index (χ1) is 13.2. The highest BCUT2D eigenvalue weighted by Crippen LogP contribution is 2.25. The summed E-state index contributed by atoms with van der Waals surface area (Å²) in [5.74, 6) is -1.64. The molecule has 3 atom stereocenters. The number of benzene rings is 1. The second-order valence-electron chi connectivity index (χ2n) is 6.64. The van der Waals surface area contributed by atoms with E-state index in [2.05, 4.69) is 4.98 Å². The monoisotopic (exact) mass is 397 g/mol. The molecule has 0 aliphatic carbocycles. The summed E-state index contributed by atoms with van der Waals surface area (Å²) in [6.07, 6.45) is -3.19. The number of nitrogens with zero attached hydrogens (tertiary/aromatic N) is 1. The number of nitrogens with two attached hydrogens (primary N) is 1. The third kappa shape index (κ3) is 5.06. The summed E-state index contributed by atoms with van der Waals surface area (Å²) in [4.78, 5) is 15.3. The molecule has 3 unspecified atom stereocenters. The van der Waals surface area contributed by atoms with Gasteiger partial charge in [-0.2, -0.15) is 8.78 Å². The minimum Gasteiger partial charge on any atom is -0.394 e. The number of nitrogens with one attached hydrogen (secondary N) is 1. The maximum absolute atomic E-state index is 13.1. The van der Waals surface area contributed by atoms with Gasteiger partial charge in [-0.25, -0.2) is 4.39 Å². The molecule has 1 heterocycles. The molecule has 0 aliphatic heterocycles. The maximum Gasteiger partial charge on any atom is 0.315 e. The Hall–Kier alpha value is -2.49. The molecule has 0 radical (unpaired) electrons. The van der Waals surface area contributed by atoms with Gasteiger partial charge in [-0.1, -0.05) is 30.3 Å². The van der Waals surface area contributed by atoms with E-state index in [0.717, 1.165) is 11.1 Å². The number of halogens is 3. The molecule has 0 bridgehead atoms. The van der Waals surface area contributed by atoms with Crippen LogP contribution in [-0.4, -0.2) is 46.9 Å². The molecule has 2 aromatic rings. The molecular weight excluding hydrogens is 375 g/mol. The van der Waals surface area contributed by atoms with E-state index in [0.29, 0.717) is 5.69 Å². The van der Waals surface area contributed by atoms with Crippen LogP contribution in [-0.2, 0) is 10.3 Å². The van der Waals surface area contributed by atoms with Crippen LogP contribution < -0.4 is 11.1 Å². The van der Waals surface area contributed by atoms with Crippen LogP contribution in [0.2, 0.25) is 0 Å². The van der Waals surface area contributed by atoms with Gasteiger partial charge < -0.3 is 21.3 Å². The molecule has 1 amide bonds. The lowest BCUT2D eigenvalue weighted by Crippen LogP contribution is -2.43. The zero-order valence-corrected chi connectivity index (χ0v) is 15.1. The molecule has 0 saturated carbocycles. The normalized spacial score (nSPS) is 15.7. The van der Waals surface area contributed by atoms with E-state index < -0.39 is 36.7 Å². The van der Waals surface area contributed by atoms with Crippen LogP contribution in [0.15, 0.2) is 42.6 Å². The predicted molar refractivity (Wildman–Crippen MR) is 97.2 cm³/mol. The van der Waals surface area contributed by atoms with Crippen molar-refractivity contribution in [3.63, 3.8) is 0 Å². The first kappa shape index (κ1) is 21.8. The highest BCUT2D eigenvalue weighted by atomic mass is 19.3. The van der Waals surface area contributed by atoms with Crippen LogP contribution in [0.1, 0.15) is 24.3 Å². The Morgan fingerprint density at radius 2 is 1.82 bits per heavy atom. The lowest BCUT2D eigenvalue weighted by atomic mass is 9.97. The van der Waals surface area contributed by atoms with Crippen LogP contribution in [0.4, 0.5) is 13.2 Å². The molecule has 152 valence electrons. The molecule has 0 aliphatic rings. The standard InChI is InChI=1S/C19H22F3N3O3/c1-19(23,10-26)15-7-6-13(9-24-15)11-2-4-12(5-3-11)16(27)14(8-20)25-18(28)17(21)22/h2-7,9,14,16-17,26-27H,8,10,23H2,1H3,(H,25,28). The van der Waals surface area contributed by atoms with Gasteiger partial charge in [-0.15, -0.1) is 0 Å². The summed E-state index contributed by atoms with van der Waals surface area (Å²) < 4.78 is 37.7. The van der Waals surface area contributed by atoms with Crippen molar-refractivity contribution < 1.29 is 28.2 Å². The van der Waals surface area contributed by atoms with Gasteiger partial charge in [0.15, 0.2) is 0 Å². The van der Waals surface area contributed by atoms with Crippen molar-refractivity contribution in [2.24, 2.45) is 5.73 Å². The van der Waals surface area contributed by atoms with E-state index in [-0.39, 0.29) is 12.2 Å². The average molecular weight is 397 g/mol. The Labute approximate surface area is 160 Å². The summed E-state index contributed by atoms with van der Waals surface area (Å²) in [6, 6.07) is 8.28. The first-order valence-corrected chi connectivity index (χ1v) is 8.48. The molecule has 2 rings (SSSR count). The molecule has 0 spiro atoms. The van der Waals surface area contributed by atoms with Crippen LogP contribution in [0.3, 0.4) is 0 Å². The van der Waals surface area contributed by atoms with E-state index in [4.69, 9.17) is 5.73 Å². The van der Waals surface area contributed by atoms with Gasteiger partial charge in [0.2, 0.25) is 0 Å². The smallest absolute Gasteiger partial charge is 0.315 e. The third-order valence-electron chi connectivity index (χ3n) is 4.34. The summed E-state index contributed by atoms with van der Waals surface area (Å²) in [7, 11) is 0. The molecule has 0 fully saturated rings. The van der Waals surface area contributed by atoms with Crippen molar-refractivity contribution >= 4 is 5.91 Å². The molecule has 1 aromatic heterocycles. The maximum atomic E-state index is 13.1. The van der Waals surface area contributed by atoms with Gasteiger partial charge in [0, 0.05) is 11.8 Å². The highest BCUT2D eigenvalue weighted by Gasteiger charge is 2.26. The summed E-state index contributed by atoms with van der Waals surface area (Å²) in [5, 5.41) is 21.2. The van der Waals surface area contributed by atoms with Crippen molar-refractivity contribution in [2.75, 3.05) is 13.3 Å². The van der Waals surface area contributed by atoms with Crippen molar-refractivity contribution in [1.82, 2.24) is 10.3 Å². The van der Waals surface area contributed by atoms with Gasteiger partial charge in [-0.3, -0.25) is 9.78 Å². The van der Waals surface area contributed by atoms with Crippen LogP contribution >= 0.6 is 0 Å². The first-order valence-electron chi connectivity index (χ1n) is 8.48. The Morgan fingerprint density at radius 3 is 2.29 bits per heavy atom. The molecule has 0 saturated heterocycles. The van der Waals surface area contributed by atoms with Crippen LogP contribution in [0.5, 0.6) is 0 Å². The van der Waals surface area contributed by atoms with Crippen molar-refractivity contribution in [2.45, 2.75) is 31.0 Å². The number of hydrogen-bond donors (Lipinski definition) is 4. The minimum absolute atomic E-state index is 0.260. The molecule has 28 heavy (non-hydrogen) atoms. The summed E-state index contributed by atoms with van der Waals surface area (Å²) >= 11 is 0. The fourth-order valence-electron chi connectivity index (χ4n) is 2.54. The number of aliphatic hydroxyl groups excluding tert-OH is 2. The Bertz CT molecular complexity index is 783. The van der Waals surface area contributed by atoms with E-state index in [1.807, 2.05) is 0 Å². The highest BCUT2D eigenvalue weighted by molar-refractivity contribution is 5.79. The van der Waals surface area contributed by atoms with Crippen molar-refractivity contribution in [3.05, 3.63) is 53.9 Å². The van der Waals surface area contributed by atoms with Crippen LogP contribution in [0.25, 0.3) is 11.1 Å². The number of aromatic nitrogens is 1. The van der Waals surface area contributed by atoms with E-state index in [1.54, 1.807) is 42.7 Å². The lowest BCUT2D eigenvalue weighted by Gasteiger charge is -2.22. The Balaban J connectivity index is 2.15. The van der Waals surface area contributed by atoms with Gasteiger partial charge in [0.1, 0.15) is 12.8 Å². The predicted octanol–water partition coefficient (Wildman–Crippen LogP) is 1.67. The number of amides is 1. The third-order valence-corrected chi connectivity index (χ3v) is 4.34. The van der Waals surface area contributed by atoms with E-state index in [1.165, 1.54) is 12.1 Å². The average Bonchev–Trinajstić information content (AvgIpc) is 2.71. The van der Waals surface area contributed by atoms with Gasteiger partial charge in [0.25, 0.3) is 5.91 Å². The lowest BCUT2D eigenvalue weighted by molar-refractivity contribution is -0.133. The van der Waals surface area contributed by atoms with Crippen LogP contribution in [0, 0.1) is 0 Å². The van der Waals surface area contributed by atoms with Crippen molar-refractivity contribution in [3.8, 4) is 11.1 Å². The molecule has 6 nitrogen and oxygen atoms in total.